The number of anilines is 1. The third-order valence-electron chi connectivity index (χ3n) is 3.58. The molecule has 24 heavy (non-hydrogen) atoms. The van der Waals surface area contributed by atoms with Gasteiger partial charge in [0.1, 0.15) is 0 Å². The number of para-hydroxylation sites is 1. The zero-order valence-corrected chi connectivity index (χ0v) is 12.6. The van der Waals surface area contributed by atoms with Gasteiger partial charge in [0.2, 0.25) is 6.41 Å². The SMILES string of the molecule is CN(C=O)c1nn(C(=O)c2ccc([N+](=O)[O-])cc2)c2ccccc12. The normalized spacial score (nSPS) is 10.5. The second-order valence-corrected chi connectivity index (χ2v) is 5.08. The number of nitro groups is 1. The predicted octanol–water partition coefficient (Wildman–Crippen LogP) is 2.23. The number of rotatable bonds is 4. The Morgan fingerprint density at radius 2 is 1.88 bits per heavy atom. The van der Waals surface area contributed by atoms with Gasteiger partial charge >= 0.3 is 0 Å². The zero-order valence-electron chi connectivity index (χ0n) is 12.6. The van der Waals surface area contributed by atoms with Crippen LogP contribution in [-0.2, 0) is 4.79 Å². The molecule has 2 aromatic carbocycles. The summed E-state index contributed by atoms with van der Waals surface area (Å²) in [6.07, 6.45) is 0.607. The maximum absolute atomic E-state index is 12.7. The molecule has 1 heterocycles. The van der Waals surface area contributed by atoms with Crippen molar-refractivity contribution in [3.05, 3.63) is 64.2 Å². The number of benzene rings is 2. The maximum Gasteiger partial charge on any atom is 0.278 e. The summed E-state index contributed by atoms with van der Waals surface area (Å²) < 4.78 is 1.19. The fraction of sp³-hybridized carbons (Fsp3) is 0.0625. The number of hydrogen-bond acceptors (Lipinski definition) is 5. The minimum atomic E-state index is -0.533. The van der Waals surface area contributed by atoms with Crippen LogP contribution in [-0.4, -0.2) is 34.1 Å². The summed E-state index contributed by atoms with van der Waals surface area (Å²) in [4.78, 5) is 35.2. The fourth-order valence-electron chi connectivity index (χ4n) is 2.36. The van der Waals surface area contributed by atoms with Gasteiger partial charge in [0.05, 0.1) is 10.4 Å². The molecule has 1 aromatic heterocycles. The van der Waals surface area contributed by atoms with E-state index >= 15 is 0 Å². The summed E-state index contributed by atoms with van der Waals surface area (Å²) in [5.74, 6) is -0.0810. The number of aromatic nitrogens is 2. The predicted molar refractivity (Wildman–Crippen MR) is 87.0 cm³/mol. The average Bonchev–Trinajstić information content (AvgIpc) is 3.00. The number of nitrogens with zero attached hydrogens (tertiary/aromatic N) is 4. The molecule has 0 atom stereocenters. The number of hydrogen-bond donors (Lipinski definition) is 0. The lowest BCUT2D eigenvalue weighted by Crippen LogP contribution is -2.17. The minimum absolute atomic E-state index is 0.0988. The summed E-state index contributed by atoms with van der Waals surface area (Å²) in [5, 5.41) is 15.6. The molecule has 0 aliphatic heterocycles. The summed E-state index contributed by atoms with van der Waals surface area (Å²) >= 11 is 0. The number of carbonyl (C=O) groups excluding carboxylic acids is 2. The van der Waals surface area contributed by atoms with Crippen molar-refractivity contribution in [3.8, 4) is 0 Å². The Morgan fingerprint density at radius 3 is 2.50 bits per heavy atom. The van der Waals surface area contributed by atoms with Crippen molar-refractivity contribution >= 4 is 34.7 Å². The van der Waals surface area contributed by atoms with Gasteiger partial charge < -0.3 is 4.90 Å². The number of fused-ring (bicyclic) bond motifs is 1. The molecule has 0 spiro atoms. The number of nitro benzene ring substituents is 1. The van der Waals surface area contributed by atoms with Gasteiger partial charge in [-0.05, 0) is 24.3 Å². The highest BCUT2D eigenvalue weighted by atomic mass is 16.6. The van der Waals surface area contributed by atoms with Gasteiger partial charge in [0.15, 0.2) is 5.82 Å². The molecule has 8 nitrogen and oxygen atoms in total. The van der Waals surface area contributed by atoms with Crippen LogP contribution >= 0.6 is 0 Å². The molecule has 0 aliphatic rings. The first kappa shape index (κ1) is 15.3. The Hall–Kier alpha value is -3.55. The zero-order chi connectivity index (χ0) is 17.3. The smallest absolute Gasteiger partial charge is 0.278 e. The van der Waals surface area contributed by atoms with Gasteiger partial charge in [-0.25, -0.2) is 0 Å². The van der Waals surface area contributed by atoms with E-state index in [2.05, 4.69) is 5.10 Å². The van der Waals surface area contributed by atoms with Crippen LogP contribution in [0.5, 0.6) is 0 Å². The average molecular weight is 324 g/mol. The lowest BCUT2D eigenvalue weighted by atomic mass is 10.2. The van der Waals surface area contributed by atoms with Gasteiger partial charge in [-0.1, -0.05) is 12.1 Å². The van der Waals surface area contributed by atoms with E-state index in [-0.39, 0.29) is 11.3 Å². The van der Waals surface area contributed by atoms with Crippen LogP contribution in [0.2, 0.25) is 0 Å². The Labute approximate surface area is 136 Å². The van der Waals surface area contributed by atoms with Gasteiger partial charge in [-0.15, -0.1) is 5.10 Å². The quantitative estimate of drug-likeness (QED) is 0.416. The van der Waals surface area contributed by atoms with E-state index in [1.165, 1.54) is 33.8 Å². The molecular weight excluding hydrogens is 312 g/mol. The summed E-state index contributed by atoms with van der Waals surface area (Å²) in [6.45, 7) is 0. The van der Waals surface area contributed by atoms with Crippen LogP contribution in [0.3, 0.4) is 0 Å². The van der Waals surface area contributed by atoms with Crippen LogP contribution in [0, 0.1) is 10.1 Å². The number of non-ortho nitro benzene ring substituents is 1. The molecule has 0 radical (unpaired) electrons. The first-order valence-electron chi connectivity index (χ1n) is 6.98. The van der Waals surface area contributed by atoms with E-state index in [0.29, 0.717) is 23.1 Å². The first-order chi connectivity index (χ1) is 11.5. The second kappa shape index (κ2) is 5.92. The van der Waals surface area contributed by atoms with Crippen molar-refractivity contribution in [1.29, 1.82) is 0 Å². The standard InChI is InChI=1S/C16H12N4O4/c1-18(10-21)15-13-4-2-3-5-14(13)19(17-15)16(22)11-6-8-12(9-7-11)20(23)24/h2-10H,1H3. The molecule has 3 rings (SSSR count). The van der Waals surface area contributed by atoms with E-state index in [4.69, 9.17) is 0 Å². The molecule has 0 N–H and O–H groups in total. The largest absolute Gasteiger partial charge is 0.301 e. The molecule has 1 amide bonds. The van der Waals surface area contributed by atoms with E-state index in [9.17, 15) is 19.7 Å². The number of amides is 1. The Bertz CT molecular complexity index is 946. The van der Waals surface area contributed by atoms with E-state index in [1.807, 2.05) is 0 Å². The minimum Gasteiger partial charge on any atom is -0.301 e. The van der Waals surface area contributed by atoms with E-state index < -0.39 is 10.8 Å². The molecule has 0 unspecified atom stereocenters. The topological polar surface area (TPSA) is 98.3 Å². The lowest BCUT2D eigenvalue weighted by molar-refractivity contribution is -0.384. The van der Waals surface area contributed by atoms with Crippen LogP contribution in [0.15, 0.2) is 48.5 Å². The molecule has 0 bridgehead atoms. The highest BCUT2D eigenvalue weighted by Gasteiger charge is 2.19. The van der Waals surface area contributed by atoms with E-state index in [0.717, 1.165) is 0 Å². The maximum atomic E-state index is 12.7. The Kier molecular flexibility index (Phi) is 3.78. The molecular formula is C16H12N4O4. The molecule has 0 aliphatic carbocycles. The summed E-state index contributed by atoms with van der Waals surface area (Å²) in [5.41, 5.74) is 0.706. The van der Waals surface area contributed by atoms with Crippen LogP contribution in [0.25, 0.3) is 10.9 Å². The van der Waals surface area contributed by atoms with Crippen molar-refractivity contribution in [2.24, 2.45) is 0 Å². The van der Waals surface area contributed by atoms with Crippen molar-refractivity contribution in [1.82, 2.24) is 9.78 Å². The van der Waals surface area contributed by atoms with Crippen LogP contribution < -0.4 is 4.90 Å². The lowest BCUT2D eigenvalue weighted by Gasteiger charge is -2.05. The molecule has 0 fully saturated rings. The van der Waals surface area contributed by atoms with Crippen molar-refractivity contribution < 1.29 is 14.5 Å². The van der Waals surface area contributed by atoms with Crippen LogP contribution in [0.4, 0.5) is 11.5 Å². The highest BCUT2D eigenvalue weighted by molar-refractivity contribution is 6.05. The monoisotopic (exact) mass is 324 g/mol. The second-order valence-electron chi connectivity index (χ2n) is 5.08. The molecule has 8 heteroatoms. The summed E-state index contributed by atoms with van der Waals surface area (Å²) in [6, 6.07) is 12.3. The van der Waals surface area contributed by atoms with Gasteiger partial charge in [0.25, 0.3) is 11.6 Å². The molecule has 0 saturated heterocycles. The van der Waals surface area contributed by atoms with Crippen LogP contribution in [0.1, 0.15) is 10.4 Å². The van der Waals surface area contributed by atoms with Crippen molar-refractivity contribution in [2.75, 3.05) is 11.9 Å². The highest BCUT2D eigenvalue weighted by Crippen LogP contribution is 2.25. The Morgan fingerprint density at radius 1 is 1.21 bits per heavy atom. The van der Waals surface area contributed by atoms with Crippen molar-refractivity contribution in [3.63, 3.8) is 0 Å². The van der Waals surface area contributed by atoms with E-state index in [1.54, 1.807) is 31.3 Å². The fourth-order valence-corrected chi connectivity index (χ4v) is 2.36. The Balaban J connectivity index is 2.10. The molecule has 0 saturated carbocycles. The third-order valence-corrected chi connectivity index (χ3v) is 3.58. The third kappa shape index (κ3) is 2.50. The summed E-state index contributed by atoms with van der Waals surface area (Å²) in [7, 11) is 1.54. The van der Waals surface area contributed by atoms with Gasteiger partial charge in [-0.2, -0.15) is 4.68 Å². The van der Waals surface area contributed by atoms with Crippen molar-refractivity contribution in [2.45, 2.75) is 0 Å². The number of carbonyl (C=O) groups is 2. The molecule has 3 aromatic rings. The van der Waals surface area contributed by atoms with Gasteiger partial charge in [-0.3, -0.25) is 19.7 Å². The first-order valence-corrected chi connectivity index (χ1v) is 6.98. The van der Waals surface area contributed by atoms with Gasteiger partial charge in [0, 0.05) is 30.1 Å². The molecule has 120 valence electrons.